The third kappa shape index (κ3) is 7.24. The summed E-state index contributed by atoms with van der Waals surface area (Å²) in [6, 6.07) is 4.31. The number of alkyl halides is 6. The van der Waals surface area contributed by atoms with E-state index in [9.17, 15) is 45.8 Å². The number of aliphatic carboxylic acids is 2. The molecule has 0 bridgehead atoms. The van der Waals surface area contributed by atoms with E-state index in [1.54, 1.807) is 0 Å². The zero-order valence-corrected chi connectivity index (χ0v) is 19.5. The summed E-state index contributed by atoms with van der Waals surface area (Å²) in [4.78, 5) is 46.1. The number of nitrogens with zero attached hydrogens (tertiary/aromatic N) is 1. The number of carboxylic acid groups (broad SMARTS) is 2. The molecule has 0 spiro atoms. The molecule has 2 heterocycles. The maximum atomic E-state index is 13.1. The summed E-state index contributed by atoms with van der Waals surface area (Å²) in [5.74, 6) is -5.60. The molecular formula is C22H22F6N3O7+. The molecule has 2 aromatic rings. The highest BCUT2D eigenvalue weighted by atomic mass is 19.4. The van der Waals surface area contributed by atoms with Gasteiger partial charge >= 0.3 is 24.3 Å². The van der Waals surface area contributed by atoms with Crippen molar-refractivity contribution in [2.75, 3.05) is 13.1 Å². The topological polar surface area (TPSA) is 150 Å². The van der Waals surface area contributed by atoms with Crippen LogP contribution in [0.5, 0.6) is 5.75 Å². The second-order valence-corrected chi connectivity index (χ2v) is 8.07. The monoisotopic (exact) mass is 554 g/mol. The van der Waals surface area contributed by atoms with Gasteiger partial charge in [-0.2, -0.15) is 26.3 Å². The third-order valence-corrected chi connectivity index (χ3v) is 5.49. The molecule has 5 N–H and O–H groups in total. The molecule has 38 heavy (non-hydrogen) atoms. The molecule has 16 heteroatoms. The number of aromatic nitrogens is 1. The van der Waals surface area contributed by atoms with Crippen LogP contribution < -0.4 is 15.8 Å². The summed E-state index contributed by atoms with van der Waals surface area (Å²) >= 11 is 0. The van der Waals surface area contributed by atoms with Crippen molar-refractivity contribution in [1.82, 2.24) is 9.88 Å². The van der Waals surface area contributed by atoms with Gasteiger partial charge in [0.2, 0.25) is 0 Å². The Balaban J connectivity index is 0.000000638. The van der Waals surface area contributed by atoms with Crippen molar-refractivity contribution in [3.8, 4) is 5.75 Å². The number of hydrogen-bond acceptors (Lipinski definition) is 5. The summed E-state index contributed by atoms with van der Waals surface area (Å²) in [5.41, 5.74) is -0.946. The Hall–Kier alpha value is -4.08. The van der Waals surface area contributed by atoms with E-state index < -0.39 is 59.2 Å². The Morgan fingerprint density at radius 3 is 2.03 bits per heavy atom. The van der Waals surface area contributed by atoms with Gasteiger partial charge in [-0.05, 0) is 24.6 Å². The van der Waals surface area contributed by atoms with E-state index in [1.807, 2.05) is 6.92 Å². The highest BCUT2D eigenvalue weighted by molar-refractivity contribution is 5.98. The lowest BCUT2D eigenvalue weighted by molar-refractivity contribution is -0.919. The lowest BCUT2D eigenvalue weighted by Crippen LogP contribution is -3.07. The van der Waals surface area contributed by atoms with Gasteiger partial charge in [0.25, 0.3) is 11.5 Å². The Labute approximate surface area is 209 Å². The van der Waals surface area contributed by atoms with Crippen LogP contribution in [0.3, 0.4) is 0 Å². The van der Waals surface area contributed by atoms with Crippen LogP contribution >= 0.6 is 0 Å². The van der Waals surface area contributed by atoms with Gasteiger partial charge in [0.15, 0.2) is 0 Å². The standard InChI is InChI=1S/C20H20F3N3O5.C2HF3O2/c1-2-25-9-13-14(10-25)26(8-11-3-5-12(6-4-11)20(21,22)23)19(31)16(17(13)29)18(30)24-7-15(27)28;3-2(4,5)1(6)7/h3-6,29H,2,7-10H2,1H3,(H,24,30)(H,27,28);(H,6,7)/p+1. The van der Waals surface area contributed by atoms with Gasteiger partial charge in [-0.1, -0.05) is 12.1 Å². The molecule has 3 rings (SSSR count). The molecule has 10 nitrogen and oxygen atoms in total. The maximum Gasteiger partial charge on any atom is 0.490 e. The number of hydrogen-bond donors (Lipinski definition) is 5. The second-order valence-electron chi connectivity index (χ2n) is 8.07. The minimum absolute atomic E-state index is 0.101. The number of aromatic hydroxyl groups is 1. The molecule has 0 fully saturated rings. The van der Waals surface area contributed by atoms with Crippen LogP contribution in [-0.2, 0) is 35.4 Å². The SMILES string of the molecule is CC[NH+]1Cc2c(O)c(C(=O)NCC(=O)O)c(=O)n(Cc3ccc(C(F)(F)F)cc3)c2C1.O=C(O)C(F)(F)F. The quantitative estimate of drug-likeness (QED) is 0.334. The van der Waals surface area contributed by atoms with Crippen molar-refractivity contribution in [3.05, 3.63) is 62.6 Å². The second kappa shape index (κ2) is 11.5. The molecule has 1 aromatic carbocycles. The molecule has 1 aliphatic rings. The van der Waals surface area contributed by atoms with E-state index in [4.69, 9.17) is 15.0 Å². The number of fused-ring (bicyclic) bond motifs is 1. The number of nitrogens with one attached hydrogen (secondary N) is 2. The van der Waals surface area contributed by atoms with Crippen LogP contribution in [0, 0.1) is 0 Å². The number of quaternary nitrogens is 1. The first-order valence-electron chi connectivity index (χ1n) is 10.7. The van der Waals surface area contributed by atoms with E-state index in [1.165, 1.54) is 16.7 Å². The van der Waals surface area contributed by atoms with Crippen LogP contribution in [0.15, 0.2) is 29.1 Å². The number of pyridine rings is 1. The molecule has 1 atom stereocenters. The van der Waals surface area contributed by atoms with E-state index in [0.29, 0.717) is 36.5 Å². The van der Waals surface area contributed by atoms with Crippen molar-refractivity contribution in [2.45, 2.75) is 38.9 Å². The molecule has 0 saturated heterocycles. The predicted molar refractivity (Wildman–Crippen MR) is 115 cm³/mol. The molecule has 1 aliphatic heterocycles. The number of halogens is 6. The van der Waals surface area contributed by atoms with E-state index in [0.717, 1.165) is 17.0 Å². The van der Waals surface area contributed by atoms with Gasteiger partial charge in [0.05, 0.1) is 29.9 Å². The summed E-state index contributed by atoms with van der Waals surface area (Å²) in [6.45, 7) is 2.51. The van der Waals surface area contributed by atoms with Crippen molar-refractivity contribution in [3.63, 3.8) is 0 Å². The molecule has 0 saturated carbocycles. The van der Waals surface area contributed by atoms with Crippen molar-refractivity contribution < 1.29 is 60.9 Å². The van der Waals surface area contributed by atoms with Crippen LogP contribution in [0.4, 0.5) is 26.3 Å². The average Bonchev–Trinajstić information content (AvgIpc) is 3.25. The molecule has 0 radical (unpaired) electrons. The number of benzene rings is 1. The zero-order valence-electron chi connectivity index (χ0n) is 19.5. The molecule has 1 amide bonds. The maximum absolute atomic E-state index is 13.1. The molecule has 0 aliphatic carbocycles. The molecular weight excluding hydrogens is 532 g/mol. The highest BCUT2D eigenvalue weighted by Gasteiger charge is 2.38. The number of carbonyl (C=O) groups is 3. The normalized spacial score (nSPS) is 14.8. The number of amides is 1. The molecule has 1 aromatic heterocycles. The van der Waals surface area contributed by atoms with E-state index in [2.05, 4.69) is 5.32 Å². The zero-order chi connectivity index (χ0) is 29.0. The van der Waals surface area contributed by atoms with Crippen LogP contribution in [-0.4, -0.2) is 57.0 Å². The smallest absolute Gasteiger partial charge is 0.490 e. The van der Waals surface area contributed by atoms with Crippen molar-refractivity contribution in [2.24, 2.45) is 0 Å². The summed E-state index contributed by atoms with van der Waals surface area (Å²) < 4.78 is 71.4. The summed E-state index contributed by atoms with van der Waals surface area (Å²) in [6.07, 6.45) is -9.57. The molecule has 1 unspecified atom stereocenters. The lowest BCUT2D eigenvalue weighted by Gasteiger charge is -2.15. The average molecular weight is 554 g/mol. The van der Waals surface area contributed by atoms with Crippen LogP contribution in [0.2, 0.25) is 0 Å². The van der Waals surface area contributed by atoms with Crippen molar-refractivity contribution >= 4 is 17.8 Å². The van der Waals surface area contributed by atoms with E-state index >= 15 is 0 Å². The Bertz CT molecular complexity index is 1270. The minimum atomic E-state index is -5.08. The third-order valence-electron chi connectivity index (χ3n) is 5.49. The van der Waals surface area contributed by atoms with Crippen LogP contribution in [0.25, 0.3) is 0 Å². The summed E-state index contributed by atoms with van der Waals surface area (Å²) in [7, 11) is 0. The lowest BCUT2D eigenvalue weighted by atomic mass is 10.1. The first-order chi connectivity index (χ1) is 17.5. The van der Waals surface area contributed by atoms with Gasteiger partial charge < -0.3 is 30.1 Å². The van der Waals surface area contributed by atoms with Gasteiger partial charge in [0, 0.05) is 0 Å². The predicted octanol–water partition coefficient (Wildman–Crippen LogP) is 0.987. The molecule has 208 valence electrons. The Morgan fingerprint density at radius 2 is 1.58 bits per heavy atom. The highest BCUT2D eigenvalue weighted by Crippen LogP contribution is 2.30. The van der Waals surface area contributed by atoms with Crippen molar-refractivity contribution in [1.29, 1.82) is 0 Å². The largest absolute Gasteiger partial charge is 0.506 e. The summed E-state index contributed by atoms with van der Waals surface area (Å²) in [5, 5.41) is 28.5. The fourth-order valence-electron chi connectivity index (χ4n) is 3.59. The fourth-order valence-corrected chi connectivity index (χ4v) is 3.59. The Kier molecular flexibility index (Phi) is 9.15. The number of carbonyl (C=O) groups excluding carboxylic acids is 1. The number of carboxylic acids is 2. The fraction of sp³-hybridized carbons (Fsp3) is 0.364. The Morgan fingerprint density at radius 1 is 1.03 bits per heavy atom. The van der Waals surface area contributed by atoms with Gasteiger partial charge in [0.1, 0.15) is 30.9 Å². The van der Waals surface area contributed by atoms with Crippen LogP contribution in [0.1, 0.15) is 39.7 Å². The first-order valence-corrected chi connectivity index (χ1v) is 10.7. The van der Waals surface area contributed by atoms with Gasteiger partial charge in [-0.15, -0.1) is 0 Å². The van der Waals surface area contributed by atoms with E-state index in [-0.39, 0.29) is 6.54 Å². The minimum Gasteiger partial charge on any atom is -0.506 e. The first kappa shape index (κ1) is 30.1. The number of rotatable bonds is 6. The van der Waals surface area contributed by atoms with Gasteiger partial charge in [-0.25, -0.2) is 4.79 Å². The van der Waals surface area contributed by atoms with Gasteiger partial charge in [-0.3, -0.25) is 14.4 Å².